The van der Waals surface area contributed by atoms with Gasteiger partial charge in [0.2, 0.25) is 5.95 Å². The Bertz CT molecular complexity index is 942. The van der Waals surface area contributed by atoms with Crippen molar-refractivity contribution in [3.05, 3.63) is 6.33 Å². The van der Waals surface area contributed by atoms with Gasteiger partial charge in [0.1, 0.15) is 0 Å². The Morgan fingerprint density at radius 1 is 1.43 bits per heavy atom. The summed E-state index contributed by atoms with van der Waals surface area (Å²) < 4.78 is 43.4. The molecule has 0 aliphatic heterocycles. The Morgan fingerprint density at radius 2 is 2.17 bits per heavy atom. The molecule has 2 heterocycles. The minimum absolute atomic E-state index is 0.0120. The van der Waals surface area contributed by atoms with Crippen LogP contribution in [0.25, 0.3) is 11.2 Å². The number of nitrogens with zero attached hydrogens (tertiary/aromatic N) is 4. The van der Waals surface area contributed by atoms with Gasteiger partial charge in [-0.2, -0.15) is 9.97 Å². The summed E-state index contributed by atoms with van der Waals surface area (Å²) in [6, 6.07) is -0.863. The number of halogens is 1. The van der Waals surface area contributed by atoms with Crippen molar-refractivity contribution in [2.45, 2.75) is 31.2 Å². The van der Waals surface area contributed by atoms with E-state index in [-0.39, 0.29) is 32.2 Å². The summed E-state index contributed by atoms with van der Waals surface area (Å²) in [5.41, 5.74) is 4.38. The molecule has 0 bridgehead atoms. The van der Waals surface area contributed by atoms with Crippen molar-refractivity contribution in [1.82, 2.24) is 19.5 Å². The van der Waals surface area contributed by atoms with Crippen LogP contribution in [0.15, 0.2) is 6.33 Å². The molecule has 5 atom stereocenters. The maximum absolute atomic E-state index is 15.5. The monoisotopic (exact) mass is 448 g/mol. The number of imidazole rings is 1. The van der Waals surface area contributed by atoms with Gasteiger partial charge in [0.05, 0.1) is 38.3 Å². The second-order valence-electron chi connectivity index (χ2n) is 7.20. The lowest BCUT2D eigenvalue weighted by atomic mass is 9.98. The number of anilines is 2. The van der Waals surface area contributed by atoms with Crippen molar-refractivity contribution in [2.24, 2.45) is 5.92 Å². The molecule has 1 fully saturated rings. The first-order chi connectivity index (χ1) is 14.1. The maximum atomic E-state index is 15.5. The van der Waals surface area contributed by atoms with Crippen molar-refractivity contribution in [3.8, 4) is 0 Å². The fourth-order valence-electron chi connectivity index (χ4n) is 3.65. The number of nitrogen functional groups attached to an aromatic ring is 1. The molecule has 30 heavy (non-hydrogen) atoms. The average molecular weight is 448 g/mol. The summed E-state index contributed by atoms with van der Waals surface area (Å²) in [5, 5.41) is 13.4. The number of ether oxygens (including phenoxy) is 1. The molecule has 1 unspecified atom stereocenters. The van der Waals surface area contributed by atoms with E-state index in [0.29, 0.717) is 17.0 Å². The third-order valence-electron chi connectivity index (χ3n) is 5.21. The summed E-state index contributed by atoms with van der Waals surface area (Å²) in [6.07, 6.45) is 0.0567. The fourth-order valence-corrected chi connectivity index (χ4v) is 4.41. The van der Waals surface area contributed by atoms with Gasteiger partial charge in [-0.3, -0.25) is 9.05 Å². The fraction of sp³-hybridized carbons (Fsp3) is 0.688. The molecular weight excluding hydrogens is 422 g/mol. The van der Waals surface area contributed by atoms with E-state index in [0.717, 1.165) is 0 Å². The van der Waals surface area contributed by atoms with Gasteiger partial charge in [-0.05, 0) is 13.3 Å². The van der Waals surface area contributed by atoms with Crippen LogP contribution in [0, 0.1) is 5.92 Å². The molecule has 1 saturated carbocycles. The van der Waals surface area contributed by atoms with Crippen LogP contribution in [-0.2, 0) is 18.3 Å². The highest BCUT2D eigenvalue weighted by Gasteiger charge is 2.54. The lowest BCUT2D eigenvalue weighted by Crippen LogP contribution is -2.39. The van der Waals surface area contributed by atoms with Crippen LogP contribution < -0.4 is 11.1 Å². The standard InChI is InChI=1S/C16H26FN6O6P/c1-16(17)10(23-8-20-11-13(19-2)21-15(18)22-14(11)23)6-9(12(16)24)7-29-30(25,26)28-5-4-27-3/h8-10,12,24H,4-7H2,1-3H3,(H,25,26)(H3,18,19,21,22)/t9-,10-,12-,16+/m1/s1. The van der Waals surface area contributed by atoms with Crippen LogP contribution in [0.1, 0.15) is 19.4 Å². The minimum atomic E-state index is -4.36. The molecule has 0 saturated heterocycles. The normalized spacial score (nSPS) is 28.7. The summed E-state index contributed by atoms with van der Waals surface area (Å²) in [7, 11) is -1.29. The Labute approximate surface area is 172 Å². The van der Waals surface area contributed by atoms with Gasteiger partial charge in [-0.15, -0.1) is 0 Å². The number of rotatable bonds is 9. The Morgan fingerprint density at radius 3 is 2.83 bits per heavy atom. The van der Waals surface area contributed by atoms with E-state index in [1.807, 2.05) is 0 Å². The van der Waals surface area contributed by atoms with E-state index in [4.69, 9.17) is 19.5 Å². The largest absolute Gasteiger partial charge is 0.472 e. The van der Waals surface area contributed by atoms with E-state index in [1.165, 1.54) is 24.9 Å². The number of nitrogens with two attached hydrogens (primary N) is 1. The van der Waals surface area contributed by atoms with Gasteiger partial charge in [-0.25, -0.2) is 13.9 Å². The van der Waals surface area contributed by atoms with Crippen molar-refractivity contribution < 1.29 is 32.7 Å². The van der Waals surface area contributed by atoms with E-state index in [2.05, 4.69) is 20.3 Å². The minimum Gasteiger partial charge on any atom is -0.389 e. The van der Waals surface area contributed by atoms with Gasteiger partial charge in [0.15, 0.2) is 22.7 Å². The molecule has 12 nitrogen and oxygen atoms in total. The zero-order valence-corrected chi connectivity index (χ0v) is 17.8. The van der Waals surface area contributed by atoms with Gasteiger partial charge in [-0.1, -0.05) is 0 Å². The number of hydrogen-bond acceptors (Lipinski definition) is 10. The van der Waals surface area contributed by atoms with Crippen LogP contribution in [0.2, 0.25) is 0 Å². The predicted molar refractivity (Wildman–Crippen MR) is 106 cm³/mol. The molecule has 2 aromatic heterocycles. The van der Waals surface area contributed by atoms with Gasteiger partial charge < -0.3 is 30.4 Å². The van der Waals surface area contributed by atoms with E-state index in [1.54, 1.807) is 7.05 Å². The second kappa shape index (κ2) is 8.69. The van der Waals surface area contributed by atoms with E-state index in [9.17, 15) is 14.6 Å². The number of phosphoric ester groups is 1. The summed E-state index contributed by atoms with van der Waals surface area (Å²) in [6.45, 7) is 0.851. The molecule has 1 aliphatic rings. The molecule has 0 aromatic carbocycles. The highest BCUT2D eigenvalue weighted by Crippen LogP contribution is 2.50. The van der Waals surface area contributed by atoms with E-state index < -0.39 is 31.6 Å². The molecule has 1 aliphatic carbocycles. The number of fused-ring (bicyclic) bond motifs is 1. The number of phosphoric acid groups is 1. The third kappa shape index (κ3) is 4.41. The summed E-state index contributed by atoms with van der Waals surface area (Å²) in [5.74, 6) is -0.386. The summed E-state index contributed by atoms with van der Waals surface area (Å²) in [4.78, 5) is 22.2. The Balaban J connectivity index is 1.80. The third-order valence-corrected chi connectivity index (χ3v) is 6.19. The van der Waals surface area contributed by atoms with Gasteiger partial charge >= 0.3 is 7.82 Å². The smallest absolute Gasteiger partial charge is 0.389 e. The topological polar surface area (TPSA) is 167 Å². The van der Waals surface area contributed by atoms with Crippen LogP contribution >= 0.6 is 7.82 Å². The van der Waals surface area contributed by atoms with E-state index >= 15 is 4.39 Å². The SMILES string of the molecule is CNc1nc(N)nc2c1ncn2[C@@H]1C[C@H](COP(=O)(O)OCCOC)[C@@H](O)[C@@]1(C)F. The number of hydrogen-bond donors (Lipinski definition) is 4. The molecule has 3 rings (SSSR count). The van der Waals surface area contributed by atoms with Crippen LogP contribution in [0.3, 0.4) is 0 Å². The lowest BCUT2D eigenvalue weighted by molar-refractivity contribution is -0.0207. The highest BCUT2D eigenvalue weighted by atomic mass is 31.2. The summed E-state index contributed by atoms with van der Waals surface area (Å²) >= 11 is 0. The Hall–Kier alpha value is -1.89. The van der Waals surface area contributed by atoms with Crippen molar-refractivity contribution in [1.29, 1.82) is 0 Å². The van der Waals surface area contributed by atoms with Crippen molar-refractivity contribution in [2.75, 3.05) is 45.0 Å². The molecule has 0 spiro atoms. The number of aliphatic hydroxyl groups excluding tert-OH is 1. The zero-order valence-electron chi connectivity index (χ0n) is 16.9. The number of nitrogens with one attached hydrogen (secondary N) is 1. The molecule has 0 radical (unpaired) electrons. The zero-order chi connectivity index (χ0) is 22.1. The quantitative estimate of drug-likeness (QED) is 0.317. The first kappa shape index (κ1) is 22.8. The van der Waals surface area contributed by atoms with Crippen LogP contribution in [0.5, 0.6) is 0 Å². The van der Waals surface area contributed by atoms with Crippen molar-refractivity contribution >= 4 is 30.8 Å². The predicted octanol–water partition coefficient (Wildman–Crippen LogP) is 0.880. The molecule has 168 valence electrons. The number of alkyl halides is 1. The van der Waals surface area contributed by atoms with Gasteiger partial charge in [0.25, 0.3) is 0 Å². The molecule has 0 amide bonds. The second-order valence-corrected chi connectivity index (χ2v) is 8.66. The lowest BCUT2D eigenvalue weighted by Gasteiger charge is -2.27. The highest BCUT2D eigenvalue weighted by molar-refractivity contribution is 7.47. The Kier molecular flexibility index (Phi) is 6.60. The van der Waals surface area contributed by atoms with Crippen molar-refractivity contribution in [3.63, 3.8) is 0 Å². The molecule has 14 heteroatoms. The molecular formula is C16H26FN6O6P. The number of aliphatic hydroxyl groups is 1. The number of aromatic nitrogens is 4. The maximum Gasteiger partial charge on any atom is 0.472 e. The average Bonchev–Trinajstić information content (AvgIpc) is 3.19. The van der Waals surface area contributed by atoms with Crippen LogP contribution in [0.4, 0.5) is 16.2 Å². The first-order valence-electron chi connectivity index (χ1n) is 9.26. The van der Waals surface area contributed by atoms with Crippen LogP contribution in [-0.4, -0.2) is 75.3 Å². The molecule has 2 aromatic rings. The number of methoxy groups -OCH3 is 1. The first-order valence-corrected chi connectivity index (χ1v) is 10.8. The molecule has 5 N–H and O–H groups in total. The van der Waals surface area contributed by atoms with Gasteiger partial charge in [0, 0.05) is 20.1 Å².